The van der Waals surface area contributed by atoms with Crippen LogP contribution in [-0.4, -0.2) is 37.6 Å². The molecule has 25 heavy (non-hydrogen) atoms. The molecule has 0 heterocycles. The Morgan fingerprint density at radius 2 is 1.76 bits per heavy atom. The molecular weight excluding hydrogens is 338 g/mol. The third-order valence-corrected chi connectivity index (χ3v) is 9.08. The van der Waals surface area contributed by atoms with Gasteiger partial charge in [0.25, 0.3) is 0 Å². The van der Waals surface area contributed by atoms with Crippen molar-refractivity contribution in [2.75, 3.05) is 0 Å². The number of rotatable bonds is 7. The number of alkyl carbamates (subject to hydrolysis) is 1. The van der Waals surface area contributed by atoms with E-state index >= 15 is 0 Å². The minimum Gasteiger partial charge on any atom is -0.480 e. The van der Waals surface area contributed by atoms with Gasteiger partial charge in [-0.2, -0.15) is 0 Å². The summed E-state index contributed by atoms with van der Waals surface area (Å²) < 4.78 is 11.2. The minimum atomic E-state index is -2.15. The predicted molar refractivity (Wildman–Crippen MR) is 98.9 cm³/mol. The lowest BCUT2D eigenvalue weighted by Gasteiger charge is -2.39. The van der Waals surface area contributed by atoms with Gasteiger partial charge in [0.15, 0.2) is 14.4 Å². The predicted octanol–water partition coefficient (Wildman–Crippen LogP) is 3.78. The van der Waals surface area contributed by atoms with Crippen LogP contribution in [0, 0.1) is 0 Å². The number of nitrogens with one attached hydrogen (secondary N) is 1. The third kappa shape index (κ3) is 6.51. The number of hydrogen-bond donors (Lipinski definition) is 2. The summed E-state index contributed by atoms with van der Waals surface area (Å²) in [7, 11) is -2.15. The van der Waals surface area contributed by atoms with Crippen molar-refractivity contribution in [3.63, 3.8) is 0 Å². The summed E-state index contributed by atoms with van der Waals surface area (Å²) in [6, 6.07) is 8.02. The summed E-state index contributed by atoms with van der Waals surface area (Å²) >= 11 is 0. The van der Waals surface area contributed by atoms with E-state index in [-0.39, 0.29) is 11.6 Å². The molecule has 1 aromatic carbocycles. The Bertz CT molecular complexity index is 583. The Hall–Kier alpha value is -1.86. The van der Waals surface area contributed by atoms with Crippen molar-refractivity contribution in [1.82, 2.24) is 5.32 Å². The molecule has 1 unspecified atom stereocenters. The molecule has 2 atom stereocenters. The van der Waals surface area contributed by atoms with E-state index in [1.54, 1.807) is 6.92 Å². The largest absolute Gasteiger partial charge is 0.480 e. The van der Waals surface area contributed by atoms with Crippen molar-refractivity contribution >= 4 is 20.4 Å². The van der Waals surface area contributed by atoms with Crippen molar-refractivity contribution < 1.29 is 23.9 Å². The summed E-state index contributed by atoms with van der Waals surface area (Å²) in [4.78, 5) is 23.5. The molecule has 6 nitrogen and oxygen atoms in total. The van der Waals surface area contributed by atoms with Gasteiger partial charge < -0.3 is 19.6 Å². The molecule has 0 fully saturated rings. The zero-order valence-corrected chi connectivity index (χ0v) is 16.8. The van der Waals surface area contributed by atoms with E-state index in [1.807, 2.05) is 43.4 Å². The van der Waals surface area contributed by atoms with Crippen LogP contribution >= 0.6 is 0 Å². The van der Waals surface area contributed by atoms with Crippen LogP contribution in [0.15, 0.2) is 30.3 Å². The summed E-state index contributed by atoms with van der Waals surface area (Å²) in [5.41, 5.74) is 0.829. The highest BCUT2D eigenvalue weighted by Gasteiger charge is 2.41. The van der Waals surface area contributed by atoms with Gasteiger partial charge in [0, 0.05) is 0 Å². The van der Waals surface area contributed by atoms with Gasteiger partial charge in [0.2, 0.25) is 0 Å². The molecule has 1 rings (SSSR count). The Kier molecular flexibility index (Phi) is 7.19. The highest BCUT2D eigenvalue weighted by Crippen LogP contribution is 2.37. The van der Waals surface area contributed by atoms with Crippen LogP contribution in [0.5, 0.6) is 0 Å². The molecule has 1 aromatic rings. The maximum atomic E-state index is 12.0. The molecule has 7 heteroatoms. The Balaban J connectivity index is 2.67. The number of amides is 1. The van der Waals surface area contributed by atoms with Gasteiger partial charge in [-0.25, -0.2) is 9.59 Å². The molecule has 2 N–H and O–H groups in total. The van der Waals surface area contributed by atoms with Gasteiger partial charge in [-0.15, -0.1) is 0 Å². The fourth-order valence-electron chi connectivity index (χ4n) is 1.98. The van der Waals surface area contributed by atoms with Gasteiger partial charge in [0.05, 0.1) is 6.10 Å². The van der Waals surface area contributed by atoms with Crippen LogP contribution in [-0.2, 0) is 20.6 Å². The molecule has 0 aliphatic carbocycles. The van der Waals surface area contributed by atoms with E-state index in [0.29, 0.717) is 0 Å². The molecule has 0 spiro atoms. The number of benzene rings is 1. The highest BCUT2D eigenvalue weighted by atomic mass is 28.4. The summed E-state index contributed by atoms with van der Waals surface area (Å²) in [6.07, 6.45) is -1.44. The van der Waals surface area contributed by atoms with Crippen LogP contribution in [0.3, 0.4) is 0 Å². The average molecular weight is 368 g/mol. The molecule has 0 aromatic heterocycles. The van der Waals surface area contributed by atoms with E-state index in [0.717, 1.165) is 5.56 Å². The lowest BCUT2D eigenvalue weighted by atomic mass is 10.2. The normalized spacial score (nSPS) is 14.5. The van der Waals surface area contributed by atoms with E-state index < -0.39 is 32.5 Å². The minimum absolute atomic E-state index is 0.0574. The molecule has 0 saturated carbocycles. The molecule has 140 valence electrons. The zero-order chi connectivity index (χ0) is 19.3. The van der Waals surface area contributed by atoms with Crippen molar-refractivity contribution in [2.24, 2.45) is 0 Å². The SMILES string of the molecule is CC(O[Si](C)(C)C(C)(C)C)[C@@H](NC(=O)OCc1ccccc1)C(=O)O. The number of carboxylic acid groups (broad SMARTS) is 1. The first-order valence-electron chi connectivity index (χ1n) is 8.32. The van der Waals surface area contributed by atoms with Crippen LogP contribution in [0.4, 0.5) is 4.79 Å². The molecule has 0 radical (unpaired) electrons. The van der Waals surface area contributed by atoms with E-state index in [1.165, 1.54) is 0 Å². The first-order valence-corrected chi connectivity index (χ1v) is 11.2. The van der Waals surface area contributed by atoms with Crippen molar-refractivity contribution in [3.8, 4) is 0 Å². The molecule has 0 saturated heterocycles. The van der Waals surface area contributed by atoms with Crippen LogP contribution in [0.1, 0.15) is 33.3 Å². The van der Waals surface area contributed by atoms with Crippen LogP contribution < -0.4 is 5.32 Å². The van der Waals surface area contributed by atoms with Crippen LogP contribution in [0.2, 0.25) is 18.1 Å². The Labute approximate surface area is 150 Å². The first kappa shape index (κ1) is 21.2. The number of ether oxygens (including phenoxy) is 1. The van der Waals surface area contributed by atoms with Gasteiger partial charge in [-0.05, 0) is 30.6 Å². The Morgan fingerprint density at radius 1 is 1.20 bits per heavy atom. The molecule has 0 bridgehead atoms. The lowest BCUT2D eigenvalue weighted by Crippen LogP contribution is -2.53. The standard InChI is InChI=1S/C18H29NO5Si/c1-13(24-25(5,6)18(2,3)4)15(16(20)21)19-17(22)23-12-14-10-8-7-9-11-14/h7-11,13,15H,12H2,1-6H3,(H,19,22)(H,20,21)/t13?,15-/m1/s1. The first-order chi connectivity index (χ1) is 11.4. The summed E-state index contributed by atoms with van der Waals surface area (Å²) in [5, 5.41) is 11.8. The molecule has 0 aliphatic rings. The van der Waals surface area contributed by atoms with Crippen LogP contribution in [0.25, 0.3) is 0 Å². The topological polar surface area (TPSA) is 84.9 Å². The second-order valence-corrected chi connectivity index (χ2v) is 12.4. The number of carbonyl (C=O) groups excluding carboxylic acids is 1. The number of carbonyl (C=O) groups is 2. The Morgan fingerprint density at radius 3 is 2.24 bits per heavy atom. The quantitative estimate of drug-likeness (QED) is 0.717. The average Bonchev–Trinajstić information content (AvgIpc) is 2.49. The smallest absolute Gasteiger partial charge is 0.408 e. The monoisotopic (exact) mass is 367 g/mol. The molecule has 1 amide bonds. The second kappa shape index (κ2) is 8.49. The maximum absolute atomic E-state index is 12.0. The van der Waals surface area contributed by atoms with Crippen molar-refractivity contribution in [1.29, 1.82) is 0 Å². The number of aliphatic carboxylic acids is 1. The second-order valence-electron chi connectivity index (χ2n) is 7.61. The number of carboxylic acids is 1. The maximum Gasteiger partial charge on any atom is 0.408 e. The van der Waals surface area contributed by atoms with E-state index in [2.05, 4.69) is 26.1 Å². The third-order valence-electron chi connectivity index (χ3n) is 4.51. The zero-order valence-electron chi connectivity index (χ0n) is 15.8. The van der Waals surface area contributed by atoms with Gasteiger partial charge >= 0.3 is 12.1 Å². The highest BCUT2D eigenvalue weighted by molar-refractivity contribution is 6.74. The fraction of sp³-hybridized carbons (Fsp3) is 0.556. The van der Waals surface area contributed by atoms with E-state index in [9.17, 15) is 14.7 Å². The van der Waals surface area contributed by atoms with Gasteiger partial charge in [-0.1, -0.05) is 51.1 Å². The fourth-order valence-corrected chi connectivity index (χ4v) is 3.40. The number of hydrogen-bond acceptors (Lipinski definition) is 4. The molecular formula is C18H29NO5Si. The van der Waals surface area contributed by atoms with Gasteiger partial charge in [0.1, 0.15) is 6.61 Å². The summed E-state index contributed by atoms with van der Waals surface area (Å²) in [5.74, 6) is -1.15. The van der Waals surface area contributed by atoms with E-state index in [4.69, 9.17) is 9.16 Å². The van der Waals surface area contributed by atoms with Crippen molar-refractivity contribution in [2.45, 2.75) is 64.6 Å². The van der Waals surface area contributed by atoms with Crippen molar-refractivity contribution in [3.05, 3.63) is 35.9 Å². The lowest BCUT2D eigenvalue weighted by molar-refractivity contribution is -0.141. The van der Waals surface area contributed by atoms with Gasteiger partial charge in [-0.3, -0.25) is 0 Å². The molecule has 0 aliphatic heterocycles. The summed E-state index contributed by atoms with van der Waals surface area (Å²) in [6.45, 7) is 12.0.